The topological polar surface area (TPSA) is 22.4 Å². The molecule has 1 aromatic heterocycles. The summed E-state index contributed by atoms with van der Waals surface area (Å²) in [7, 11) is 1.73. The van der Waals surface area contributed by atoms with Crippen LogP contribution in [-0.2, 0) is 4.74 Å². The van der Waals surface area contributed by atoms with E-state index < -0.39 is 0 Å². The highest BCUT2D eigenvalue weighted by molar-refractivity contribution is 5.04. The van der Waals surface area contributed by atoms with Crippen LogP contribution >= 0.6 is 0 Å². The molecule has 68 valence electrons. The van der Waals surface area contributed by atoms with E-state index in [0.29, 0.717) is 11.8 Å². The van der Waals surface area contributed by atoms with Crippen LogP contribution in [-0.4, -0.2) is 13.7 Å². The first-order valence-corrected chi connectivity index (χ1v) is 4.28. The molecule has 1 heterocycles. The SMILES string of the molecule is COCC(C)C(C)c1ccco1. The van der Waals surface area contributed by atoms with Crippen molar-refractivity contribution in [3.63, 3.8) is 0 Å². The van der Waals surface area contributed by atoms with Crippen LogP contribution in [0.4, 0.5) is 0 Å². The molecule has 0 aromatic carbocycles. The van der Waals surface area contributed by atoms with Gasteiger partial charge in [0.2, 0.25) is 0 Å². The molecular formula is C10H16O2. The van der Waals surface area contributed by atoms with Crippen molar-refractivity contribution in [1.29, 1.82) is 0 Å². The molecule has 0 fully saturated rings. The lowest BCUT2D eigenvalue weighted by atomic mass is 9.94. The van der Waals surface area contributed by atoms with Crippen molar-refractivity contribution >= 4 is 0 Å². The molecule has 2 nitrogen and oxygen atoms in total. The van der Waals surface area contributed by atoms with Crippen molar-refractivity contribution in [2.75, 3.05) is 13.7 Å². The molecule has 1 aromatic rings. The molecule has 0 N–H and O–H groups in total. The predicted molar refractivity (Wildman–Crippen MR) is 48.2 cm³/mol. The molecule has 0 aliphatic rings. The summed E-state index contributed by atoms with van der Waals surface area (Å²) in [6.45, 7) is 5.10. The Morgan fingerprint density at radius 2 is 2.25 bits per heavy atom. The zero-order valence-corrected chi connectivity index (χ0v) is 7.91. The number of methoxy groups -OCH3 is 1. The van der Waals surface area contributed by atoms with Gasteiger partial charge in [-0.25, -0.2) is 0 Å². The van der Waals surface area contributed by atoms with Gasteiger partial charge in [-0.2, -0.15) is 0 Å². The van der Waals surface area contributed by atoms with Gasteiger partial charge in [0.15, 0.2) is 0 Å². The van der Waals surface area contributed by atoms with E-state index in [9.17, 15) is 0 Å². The fourth-order valence-corrected chi connectivity index (χ4v) is 1.24. The zero-order valence-electron chi connectivity index (χ0n) is 7.91. The molecule has 0 amide bonds. The Kier molecular flexibility index (Phi) is 3.35. The maximum absolute atomic E-state index is 5.31. The minimum absolute atomic E-state index is 0.431. The number of ether oxygens (including phenoxy) is 1. The minimum atomic E-state index is 0.431. The van der Waals surface area contributed by atoms with Crippen molar-refractivity contribution in [2.24, 2.45) is 5.92 Å². The molecule has 0 saturated heterocycles. The molecule has 1 rings (SSSR count). The number of hydrogen-bond donors (Lipinski definition) is 0. The minimum Gasteiger partial charge on any atom is -0.469 e. The van der Waals surface area contributed by atoms with Crippen LogP contribution in [0.2, 0.25) is 0 Å². The van der Waals surface area contributed by atoms with Crippen LogP contribution < -0.4 is 0 Å². The maximum atomic E-state index is 5.31. The van der Waals surface area contributed by atoms with E-state index in [1.807, 2.05) is 12.1 Å². The summed E-state index contributed by atoms with van der Waals surface area (Å²) in [5.74, 6) is 1.97. The van der Waals surface area contributed by atoms with Crippen molar-refractivity contribution in [1.82, 2.24) is 0 Å². The molecule has 2 unspecified atom stereocenters. The van der Waals surface area contributed by atoms with E-state index in [0.717, 1.165) is 12.4 Å². The molecule has 0 aliphatic carbocycles. The Morgan fingerprint density at radius 1 is 1.50 bits per heavy atom. The summed E-state index contributed by atoms with van der Waals surface area (Å²) in [5, 5.41) is 0. The van der Waals surface area contributed by atoms with Crippen LogP contribution in [0.15, 0.2) is 22.8 Å². The summed E-state index contributed by atoms with van der Waals surface area (Å²) >= 11 is 0. The second kappa shape index (κ2) is 4.31. The first kappa shape index (κ1) is 9.33. The number of rotatable bonds is 4. The third kappa shape index (κ3) is 2.11. The van der Waals surface area contributed by atoms with Crippen LogP contribution in [0.3, 0.4) is 0 Å². The van der Waals surface area contributed by atoms with Gasteiger partial charge < -0.3 is 9.15 Å². The quantitative estimate of drug-likeness (QED) is 0.689. The van der Waals surface area contributed by atoms with Gasteiger partial charge in [0, 0.05) is 19.6 Å². The lowest BCUT2D eigenvalue weighted by molar-refractivity contribution is 0.145. The van der Waals surface area contributed by atoms with E-state index in [1.54, 1.807) is 13.4 Å². The number of furan rings is 1. The van der Waals surface area contributed by atoms with E-state index >= 15 is 0 Å². The molecule has 2 atom stereocenters. The Labute approximate surface area is 73.5 Å². The van der Waals surface area contributed by atoms with E-state index in [-0.39, 0.29) is 0 Å². The molecule has 12 heavy (non-hydrogen) atoms. The van der Waals surface area contributed by atoms with Crippen LogP contribution in [0, 0.1) is 5.92 Å². The normalized spacial score (nSPS) is 15.9. The smallest absolute Gasteiger partial charge is 0.106 e. The van der Waals surface area contributed by atoms with Crippen LogP contribution in [0.1, 0.15) is 25.5 Å². The largest absolute Gasteiger partial charge is 0.469 e. The van der Waals surface area contributed by atoms with Crippen molar-refractivity contribution in [2.45, 2.75) is 19.8 Å². The molecule has 0 aliphatic heterocycles. The third-order valence-electron chi connectivity index (χ3n) is 2.28. The highest BCUT2D eigenvalue weighted by Gasteiger charge is 2.15. The Hall–Kier alpha value is -0.760. The standard InChI is InChI=1S/C10H16O2/c1-8(7-11-3)9(2)10-5-4-6-12-10/h4-6,8-9H,7H2,1-3H3. The predicted octanol–water partition coefficient (Wildman–Crippen LogP) is 2.67. The van der Waals surface area contributed by atoms with Gasteiger partial charge in [0.05, 0.1) is 6.26 Å². The van der Waals surface area contributed by atoms with E-state index in [4.69, 9.17) is 9.15 Å². The highest BCUT2D eigenvalue weighted by Crippen LogP contribution is 2.24. The highest BCUT2D eigenvalue weighted by atomic mass is 16.5. The number of hydrogen-bond acceptors (Lipinski definition) is 2. The second-order valence-electron chi connectivity index (χ2n) is 3.24. The summed E-state index contributed by atoms with van der Waals surface area (Å²) in [6, 6.07) is 3.93. The van der Waals surface area contributed by atoms with Gasteiger partial charge in [-0.15, -0.1) is 0 Å². The fourth-order valence-electron chi connectivity index (χ4n) is 1.24. The van der Waals surface area contributed by atoms with Gasteiger partial charge in [-0.1, -0.05) is 13.8 Å². The van der Waals surface area contributed by atoms with Gasteiger partial charge in [0.1, 0.15) is 5.76 Å². The Balaban J connectivity index is 2.53. The summed E-state index contributed by atoms with van der Waals surface area (Å²) in [5.41, 5.74) is 0. The van der Waals surface area contributed by atoms with Gasteiger partial charge in [-0.05, 0) is 18.1 Å². The first-order chi connectivity index (χ1) is 5.75. The van der Waals surface area contributed by atoms with Crippen molar-refractivity contribution in [3.05, 3.63) is 24.2 Å². The van der Waals surface area contributed by atoms with Gasteiger partial charge >= 0.3 is 0 Å². The van der Waals surface area contributed by atoms with Crippen molar-refractivity contribution < 1.29 is 9.15 Å². The lowest BCUT2D eigenvalue weighted by Crippen LogP contribution is -2.11. The molecular weight excluding hydrogens is 152 g/mol. The maximum Gasteiger partial charge on any atom is 0.106 e. The Morgan fingerprint density at radius 3 is 2.75 bits per heavy atom. The summed E-state index contributed by atoms with van der Waals surface area (Å²) in [6.07, 6.45) is 1.71. The van der Waals surface area contributed by atoms with E-state index in [1.165, 1.54) is 0 Å². The molecule has 0 spiro atoms. The molecule has 0 bridgehead atoms. The molecule has 0 radical (unpaired) electrons. The van der Waals surface area contributed by atoms with Gasteiger partial charge in [-0.3, -0.25) is 0 Å². The molecule has 2 heteroatoms. The monoisotopic (exact) mass is 168 g/mol. The van der Waals surface area contributed by atoms with Gasteiger partial charge in [0.25, 0.3) is 0 Å². The lowest BCUT2D eigenvalue weighted by Gasteiger charge is -2.16. The summed E-state index contributed by atoms with van der Waals surface area (Å²) < 4.78 is 10.4. The molecule has 0 saturated carbocycles. The second-order valence-corrected chi connectivity index (χ2v) is 3.24. The first-order valence-electron chi connectivity index (χ1n) is 4.28. The third-order valence-corrected chi connectivity index (χ3v) is 2.28. The van der Waals surface area contributed by atoms with E-state index in [2.05, 4.69) is 13.8 Å². The average Bonchev–Trinajstić information content (AvgIpc) is 2.55. The summed E-state index contributed by atoms with van der Waals surface area (Å²) in [4.78, 5) is 0. The van der Waals surface area contributed by atoms with Crippen molar-refractivity contribution in [3.8, 4) is 0 Å². The fraction of sp³-hybridized carbons (Fsp3) is 0.600. The average molecular weight is 168 g/mol. The Bertz CT molecular complexity index is 204. The zero-order chi connectivity index (χ0) is 8.97. The van der Waals surface area contributed by atoms with Crippen LogP contribution in [0.5, 0.6) is 0 Å². The van der Waals surface area contributed by atoms with Crippen LogP contribution in [0.25, 0.3) is 0 Å².